The third-order valence-corrected chi connectivity index (χ3v) is 4.90. The van der Waals surface area contributed by atoms with Crippen molar-refractivity contribution in [3.05, 3.63) is 24.3 Å². The van der Waals surface area contributed by atoms with E-state index in [9.17, 15) is 8.42 Å². The molecule has 1 saturated carbocycles. The lowest BCUT2D eigenvalue weighted by Gasteiger charge is -2.19. The standard InChI is InChI=1S/C12H19N3O3S/c1-18-12-4-2-3-11(12)15-19(16,17)10-7-5-9(14-13)6-8-10/h5-8,11-12,14-15H,2-4,13H2,1H3. The summed E-state index contributed by atoms with van der Waals surface area (Å²) in [5, 5.41) is 0. The fourth-order valence-electron chi connectivity index (χ4n) is 2.34. The Kier molecular flexibility index (Phi) is 4.41. The molecule has 0 heterocycles. The second-order valence-electron chi connectivity index (χ2n) is 4.60. The molecule has 0 radical (unpaired) electrons. The van der Waals surface area contributed by atoms with Crippen molar-refractivity contribution in [2.24, 2.45) is 5.84 Å². The van der Waals surface area contributed by atoms with Gasteiger partial charge in [-0.3, -0.25) is 5.84 Å². The normalized spacial score (nSPS) is 23.5. The summed E-state index contributed by atoms with van der Waals surface area (Å²) in [6.45, 7) is 0. The van der Waals surface area contributed by atoms with E-state index < -0.39 is 10.0 Å². The molecular weight excluding hydrogens is 266 g/mol. The Bertz CT molecular complexity index is 516. The Labute approximate surface area is 113 Å². The van der Waals surface area contributed by atoms with Gasteiger partial charge in [0.25, 0.3) is 0 Å². The van der Waals surface area contributed by atoms with Gasteiger partial charge in [-0.15, -0.1) is 0 Å². The zero-order valence-electron chi connectivity index (χ0n) is 10.8. The first-order chi connectivity index (χ1) is 9.06. The molecule has 2 atom stereocenters. The SMILES string of the molecule is COC1CCCC1NS(=O)(=O)c1ccc(NN)cc1. The summed E-state index contributed by atoms with van der Waals surface area (Å²) >= 11 is 0. The van der Waals surface area contributed by atoms with E-state index in [1.807, 2.05) is 0 Å². The van der Waals surface area contributed by atoms with Crippen LogP contribution in [0.25, 0.3) is 0 Å². The lowest BCUT2D eigenvalue weighted by molar-refractivity contribution is 0.0916. The highest BCUT2D eigenvalue weighted by Gasteiger charge is 2.31. The van der Waals surface area contributed by atoms with Crippen molar-refractivity contribution >= 4 is 15.7 Å². The molecule has 0 bridgehead atoms. The average Bonchev–Trinajstić information content (AvgIpc) is 2.85. The third kappa shape index (κ3) is 3.24. The van der Waals surface area contributed by atoms with E-state index in [1.54, 1.807) is 19.2 Å². The zero-order chi connectivity index (χ0) is 13.9. The summed E-state index contributed by atoms with van der Waals surface area (Å²) in [7, 11) is -1.90. The van der Waals surface area contributed by atoms with Crippen molar-refractivity contribution in [2.75, 3.05) is 12.5 Å². The number of nitrogens with one attached hydrogen (secondary N) is 2. The number of methoxy groups -OCH3 is 1. The maximum absolute atomic E-state index is 12.2. The monoisotopic (exact) mass is 285 g/mol. The van der Waals surface area contributed by atoms with E-state index >= 15 is 0 Å². The first kappa shape index (κ1) is 14.3. The van der Waals surface area contributed by atoms with Crippen LogP contribution in [0.4, 0.5) is 5.69 Å². The predicted molar refractivity (Wildman–Crippen MR) is 73.0 cm³/mol. The number of hydrogen-bond donors (Lipinski definition) is 3. The van der Waals surface area contributed by atoms with E-state index in [-0.39, 0.29) is 17.0 Å². The summed E-state index contributed by atoms with van der Waals surface area (Å²) in [6.07, 6.45) is 2.63. The molecule has 106 valence electrons. The molecule has 2 unspecified atom stereocenters. The van der Waals surface area contributed by atoms with Crippen LogP contribution in [0.2, 0.25) is 0 Å². The number of hydrogen-bond acceptors (Lipinski definition) is 5. The first-order valence-corrected chi connectivity index (χ1v) is 7.67. The molecule has 19 heavy (non-hydrogen) atoms. The Balaban J connectivity index is 2.13. The van der Waals surface area contributed by atoms with Gasteiger partial charge in [-0.2, -0.15) is 0 Å². The van der Waals surface area contributed by atoms with Gasteiger partial charge in [0.15, 0.2) is 0 Å². The molecular formula is C12H19N3O3S. The van der Waals surface area contributed by atoms with Gasteiger partial charge >= 0.3 is 0 Å². The number of anilines is 1. The summed E-state index contributed by atoms with van der Waals surface area (Å²) in [5.74, 6) is 5.25. The minimum Gasteiger partial charge on any atom is -0.380 e. The molecule has 1 aliphatic carbocycles. The molecule has 0 spiro atoms. The van der Waals surface area contributed by atoms with Crippen molar-refractivity contribution in [3.63, 3.8) is 0 Å². The van der Waals surface area contributed by atoms with Gasteiger partial charge in [-0.25, -0.2) is 13.1 Å². The number of sulfonamides is 1. The number of hydrazine groups is 1. The lowest BCUT2D eigenvalue weighted by Crippen LogP contribution is -2.40. The quantitative estimate of drug-likeness (QED) is 0.550. The second-order valence-corrected chi connectivity index (χ2v) is 6.32. The average molecular weight is 285 g/mol. The van der Waals surface area contributed by atoms with Crippen LogP contribution in [0.3, 0.4) is 0 Å². The van der Waals surface area contributed by atoms with Crippen LogP contribution in [-0.4, -0.2) is 27.7 Å². The molecule has 1 aliphatic rings. The van der Waals surface area contributed by atoms with E-state index in [2.05, 4.69) is 10.1 Å². The highest BCUT2D eigenvalue weighted by Crippen LogP contribution is 2.23. The molecule has 1 fully saturated rings. The number of rotatable bonds is 5. The Hall–Kier alpha value is -1.15. The van der Waals surface area contributed by atoms with Gasteiger partial charge in [0, 0.05) is 18.8 Å². The van der Waals surface area contributed by atoms with Crippen molar-refractivity contribution in [1.82, 2.24) is 4.72 Å². The number of nitrogens with two attached hydrogens (primary N) is 1. The van der Waals surface area contributed by atoms with Crippen LogP contribution in [0.15, 0.2) is 29.2 Å². The molecule has 1 aromatic rings. The minimum absolute atomic E-state index is 0.0419. The molecule has 0 aromatic heterocycles. The number of nitrogen functional groups attached to an aromatic ring is 1. The van der Waals surface area contributed by atoms with Crippen LogP contribution in [0, 0.1) is 0 Å². The van der Waals surface area contributed by atoms with Crippen LogP contribution in [0.5, 0.6) is 0 Å². The van der Waals surface area contributed by atoms with Crippen molar-refractivity contribution in [2.45, 2.75) is 36.3 Å². The maximum Gasteiger partial charge on any atom is 0.240 e. The van der Waals surface area contributed by atoms with Gasteiger partial charge in [-0.1, -0.05) is 0 Å². The molecule has 2 rings (SSSR count). The van der Waals surface area contributed by atoms with E-state index in [1.165, 1.54) is 12.1 Å². The fourth-order valence-corrected chi connectivity index (χ4v) is 3.64. The molecule has 0 aliphatic heterocycles. The minimum atomic E-state index is -3.51. The third-order valence-electron chi connectivity index (χ3n) is 3.39. The summed E-state index contributed by atoms with van der Waals surface area (Å²) in [6, 6.07) is 6.14. The summed E-state index contributed by atoms with van der Waals surface area (Å²) < 4.78 is 32.5. The van der Waals surface area contributed by atoms with Crippen LogP contribution >= 0.6 is 0 Å². The Morgan fingerprint density at radius 2 is 1.95 bits per heavy atom. The Morgan fingerprint density at radius 3 is 2.53 bits per heavy atom. The number of ether oxygens (including phenoxy) is 1. The smallest absolute Gasteiger partial charge is 0.240 e. The molecule has 0 amide bonds. The van der Waals surface area contributed by atoms with Gasteiger partial charge < -0.3 is 10.2 Å². The molecule has 0 saturated heterocycles. The zero-order valence-corrected chi connectivity index (χ0v) is 11.6. The summed E-state index contributed by atoms with van der Waals surface area (Å²) in [5.41, 5.74) is 3.12. The van der Waals surface area contributed by atoms with Crippen molar-refractivity contribution in [3.8, 4) is 0 Å². The van der Waals surface area contributed by atoms with Gasteiger partial charge in [0.1, 0.15) is 0 Å². The maximum atomic E-state index is 12.2. The number of benzene rings is 1. The van der Waals surface area contributed by atoms with E-state index in [4.69, 9.17) is 10.6 Å². The first-order valence-electron chi connectivity index (χ1n) is 6.18. The highest BCUT2D eigenvalue weighted by molar-refractivity contribution is 7.89. The van der Waals surface area contributed by atoms with Crippen molar-refractivity contribution < 1.29 is 13.2 Å². The lowest BCUT2D eigenvalue weighted by atomic mass is 10.2. The fraction of sp³-hybridized carbons (Fsp3) is 0.500. The molecule has 4 N–H and O–H groups in total. The second kappa shape index (κ2) is 5.87. The molecule has 1 aromatic carbocycles. The van der Waals surface area contributed by atoms with E-state index in [0.717, 1.165) is 19.3 Å². The predicted octanol–water partition coefficient (Wildman–Crippen LogP) is 0.818. The van der Waals surface area contributed by atoms with Crippen LogP contribution in [0.1, 0.15) is 19.3 Å². The van der Waals surface area contributed by atoms with Crippen LogP contribution in [-0.2, 0) is 14.8 Å². The topological polar surface area (TPSA) is 93.4 Å². The Morgan fingerprint density at radius 1 is 1.26 bits per heavy atom. The van der Waals surface area contributed by atoms with Crippen LogP contribution < -0.4 is 16.0 Å². The largest absolute Gasteiger partial charge is 0.380 e. The van der Waals surface area contributed by atoms with Gasteiger partial charge in [0.2, 0.25) is 10.0 Å². The summed E-state index contributed by atoms with van der Waals surface area (Å²) in [4.78, 5) is 0.230. The van der Waals surface area contributed by atoms with Gasteiger partial charge in [-0.05, 0) is 43.5 Å². The molecule has 7 heteroatoms. The highest BCUT2D eigenvalue weighted by atomic mass is 32.2. The molecule has 6 nitrogen and oxygen atoms in total. The van der Waals surface area contributed by atoms with Gasteiger partial charge in [0.05, 0.1) is 11.0 Å². The van der Waals surface area contributed by atoms with Crippen molar-refractivity contribution in [1.29, 1.82) is 0 Å². The van der Waals surface area contributed by atoms with E-state index in [0.29, 0.717) is 5.69 Å².